The van der Waals surface area contributed by atoms with E-state index in [4.69, 9.17) is 4.74 Å². The Morgan fingerprint density at radius 3 is 2.29 bits per heavy atom. The molecule has 0 atom stereocenters. The van der Waals surface area contributed by atoms with Crippen molar-refractivity contribution >= 4 is 44.2 Å². The van der Waals surface area contributed by atoms with Gasteiger partial charge in [0.15, 0.2) is 0 Å². The zero-order valence-corrected chi connectivity index (χ0v) is 18.6. The number of sulfonamides is 1. The van der Waals surface area contributed by atoms with E-state index in [2.05, 4.69) is 27.9 Å². The molecule has 1 fully saturated rings. The number of nitrogens with one attached hydrogen (secondary N) is 1. The Kier molecular flexibility index (Phi) is 6.95. The number of benzene rings is 2. The molecule has 2 aromatic carbocycles. The van der Waals surface area contributed by atoms with Crippen molar-refractivity contribution < 1.29 is 17.9 Å². The lowest BCUT2D eigenvalue weighted by molar-refractivity contribution is -0.120. The van der Waals surface area contributed by atoms with Gasteiger partial charge in [0.05, 0.1) is 11.5 Å². The van der Waals surface area contributed by atoms with Crippen molar-refractivity contribution in [2.75, 3.05) is 25.0 Å². The maximum Gasteiger partial charge on any atom is 0.243 e. The monoisotopic (exact) mass is 514 g/mol. The predicted molar refractivity (Wildman–Crippen MR) is 117 cm³/mol. The number of piperidine rings is 1. The first-order valence-electron chi connectivity index (χ1n) is 9.19. The van der Waals surface area contributed by atoms with Crippen LogP contribution in [0.15, 0.2) is 53.4 Å². The fourth-order valence-electron chi connectivity index (χ4n) is 3.16. The molecule has 1 aliphatic heterocycles. The summed E-state index contributed by atoms with van der Waals surface area (Å²) in [5.74, 6) is 0.401. The van der Waals surface area contributed by atoms with E-state index >= 15 is 0 Å². The van der Waals surface area contributed by atoms with Gasteiger partial charge in [-0.25, -0.2) is 8.42 Å². The molecule has 0 saturated carbocycles. The van der Waals surface area contributed by atoms with Crippen LogP contribution < -0.4 is 10.1 Å². The van der Waals surface area contributed by atoms with Crippen molar-refractivity contribution in [2.45, 2.75) is 24.7 Å². The van der Waals surface area contributed by atoms with Crippen LogP contribution in [0, 0.1) is 9.49 Å². The molecule has 1 amide bonds. The lowest BCUT2D eigenvalue weighted by Crippen LogP contribution is -2.41. The van der Waals surface area contributed by atoms with E-state index in [1.54, 1.807) is 24.3 Å². The molecule has 0 spiro atoms. The highest BCUT2D eigenvalue weighted by Gasteiger charge is 2.32. The van der Waals surface area contributed by atoms with Crippen LogP contribution in [0.4, 0.5) is 5.69 Å². The number of hydrogen-bond donors (Lipinski definition) is 1. The molecule has 1 heterocycles. The first kappa shape index (κ1) is 21.1. The number of ether oxygens (including phenoxy) is 1. The van der Waals surface area contributed by atoms with Gasteiger partial charge in [0.2, 0.25) is 15.9 Å². The van der Waals surface area contributed by atoms with Crippen LogP contribution in [-0.2, 0) is 14.8 Å². The van der Waals surface area contributed by atoms with E-state index in [1.165, 1.54) is 4.31 Å². The van der Waals surface area contributed by atoms with Crippen LogP contribution in [0.3, 0.4) is 0 Å². The fraction of sp³-hybridized carbons (Fsp3) is 0.350. The smallest absolute Gasteiger partial charge is 0.243 e. The molecule has 1 saturated heterocycles. The van der Waals surface area contributed by atoms with Crippen LogP contribution in [0.5, 0.6) is 5.75 Å². The number of halogens is 1. The number of rotatable bonds is 6. The van der Waals surface area contributed by atoms with Crippen molar-refractivity contribution in [2.24, 2.45) is 5.92 Å². The van der Waals surface area contributed by atoms with Gasteiger partial charge in [-0.15, -0.1) is 0 Å². The zero-order chi connectivity index (χ0) is 20.1. The maximum atomic E-state index is 12.8. The van der Waals surface area contributed by atoms with E-state index in [9.17, 15) is 13.2 Å². The number of amides is 1. The standard InChI is InChI=1S/C20H23IN2O4S/c1-2-27-18-7-9-19(10-8-18)28(25,26)23-13-11-15(12-14-23)20(24)22-17-5-3-16(21)4-6-17/h3-10,15H,2,11-14H2,1H3,(H,22,24). The molecule has 0 unspecified atom stereocenters. The highest BCUT2D eigenvalue weighted by molar-refractivity contribution is 14.1. The van der Waals surface area contributed by atoms with E-state index in [0.29, 0.717) is 38.3 Å². The van der Waals surface area contributed by atoms with Crippen molar-refractivity contribution in [3.8, 4) is 5.75 Å². The maximum absolute atomic E-state index is 12.8. The van der Waals surface area contributed by atoms with Gasteiger partial charge in [0, 0.05) is 28.3 Å². The molecule has 0 radical (unpaired) electrons. The number of carbonyl (C=O) groups excluding carboxylic acids is 1. The summed E-state index contributed by atoms with van der Waals surface area (Å²) in [5.41, 5.74) is 0.759. The Bertz CT molecular complexity index is 906. The third kappa shape index (κ3) is 5.03. The van der Waals surface area contributed by atoms with E-state index in [-0.39, 0.29) is 16.7 Å². The van der Waals surface area contributed by atoms with Crippen molar-refractivity contribution in [1.82, 2.24) is 4.31 Å². The van der Waals surface area contributed by atoms with Gasteiger partial charge in [-0.1, -0.05) is 0 Å². The number of nitrogens with zero attached hydrogens (tertiary/aromatic N) is 1. The summed E-state index contributed by atoms with van der Waals surface area (Å²) in [7, 11) is -3.56. The zero-order valence-electron chi connectivity index (χ0n) is 15.6. The van der Waals surface area contributed by atoms with Crippen LogP contribution in [-0.4, -0.2) is 38.3 Å². The summed E-state index contributed by atoms with van der Waals surface area (Å²) < 4.78 is 33.6. The topological polar surface area (TPSA) is 75.7 Å². The average Bonchev–Trinajstić information content (AvgIpc) is 2.70. The molecule has 1 aliphatic rings. The number of anilines is 1. The third-order valence-corrected chi connectivity index (χ3v) is 7.34. The number of hydrogen-bond acceptors (Lipinski definition) is 4. The molecule has 0 bridgehead atoms. The largest absolute Gasteiger partial charge is 0.494 e. The fourth-order valence-corrected chi connectivity index (χ4v) is 4.99. The van der Waals surface area contributed by atoms with Crippen LogP contribution in [0.2, 0.25) is 0 Å². The molecule has 150 valence electrons. The first-order valence-corrected chi connectivity index (χ1v) is 11.7. The highest BCUT2D eigenvalue weighted by Crippen LogP contribution is 2.26. The summed E-state index contributed by atoms with van der Waals surface area (Å²) >= 11 is 2.21. The Morgan fingerprint density at radius 2 is 1.71 bits per heavy atom. The van der Waals surface area contributed by atoms with E-state index < -0.39 is 10.0 Å². The van der Waals surface area contributed by atoms with Crippen LogP contribution in [0.25, 0.3) is 0 Å². The van der Waals surface area contributed by atoms with Crippen molar-refractivity contribution in [3.05, 3.63) is 52.1 Å². The predicted octanol–water partition coefficient (Wildman–Crippen LogP) is 3.73. The van der Waals surface area contributed by atoms with Gasteiger partial charge in [-0.3, -0.25) is 4.79 Å². The Morgan fingerprint density at radius 1 is 1.11 bits per heavy atom. The second kappa shape index (κ2) is 9.23. The highest BCUT2D eigenvalue weighted by atomic mass is 127. The molecule has 1 N–H and O–H groups in total. The minimum Gasteiger partial charge on any atom is -0.494 e. The minimum atomic E-state index is -3.56. The molecule has 6 nitrogen and oxygen atoms in total. The average molecular weight is 514 g/mol. The van der Waals surface area contributed by atoms with E-state index in [0.717, 1.165) is 9.26 Å². The molecular weight excluding hydrogens is 491 g/mol. The Labute approximate surface area is 179 Å². The summed E-state index contributed by atoms with van der Waals surface area (Å²) in [6, 6.07) is 14.1. The van der Waals surface area contributed by atoms with Gasteiger partial charge in [-0.05, 0) is 90.9 Å². The third-order valence-electron chi connectivity index (χ3n) is 4.71. The Hall–Kier alpha value is -1.65. The lowest BCUT2D eigenvalue weighted by atomic mass is 9.97. The van der Waals surface area contributed by atoms with Crippen LogP contribution >= 0.6 is 22.6 Å². The van der Waals surface area contributed by atoms with Crippen molar-refractivity contribution in [3.63, 3.8) is 0 Å². The molecular formula is C20H23IN2O4S. The molecule has 0 aromatic heterocycles. The van der Waals surface area contributed by atoms with Gasteiger partial charge in [-0.2, -0.15) is 4.31 Å². The lowest BCUT2D eigenvalue weighted by Gasteiger charge is -2.30. The SMILES string of the molecule is CCOc1ccc(S(=O)(=O)N2CCC(C(=O)Nc3ccc(I)cc3)CC2)cc1. The molecule has 0 aliphatic carbocycles. The molecule has 8 heteroatoms. The summed E-state index contributed by atoms with van der Waals surface area (Å²) in [4.78, 5) is 12.7. The van der Waals surface area contributed by atoms with Gasteiger partial charge in [0.25, 0.3) is 0 Å². The second-order valence-corrected chi connectivity index (χ2v) is 9.76. The summed E-state index contributed by atoms with van der Waals surface area (Å²) in [6.45, 7) is 3.08. The molecule has 2 aromatic rings. The normalized spacial score (nSPS) is 15.9. The number of carbonyl (C=O) groups is 1. The van der Waals surface area contributed by atoms with Crippen LogP contribution in [0.1, 0.15) is 19.8 Å². The summed E-state index contributed by atoms with van der Waals surface area (Å²) in [6.07, 6.45) is 1.01. The first-order chi connectivity index (χ1) is 13.4. The van der Waals surface area contributed by atoms with E-state index in [1.807, 2.05) is 31.2 Å². The summed E-state index contributed by atoms with van der Waals surface area (Å²) in [5, 5.41) is 2.92. The van der Waals surface area contributed by atoms with Gasteiger partial charge in [0.1, 0.15) is 5.75 Å². The Balaban J connectivity index is 1.59. The van der Waals surface area contributed by atoms with Crippen molar-refractivity contribution in [1.29, 1.82) is 0 Å². The minimum absolute atomic E-state index is 0.0562. The quantitative estimate of drug-likeness (QED) is 0.597. The molecule has 28 heavy (non-hydrogen) atoms. The van der Waals surface area contributed by atoms with Gasteiger partial charge < -0.3 is 10.1 Å². The second-order valence-electron chi connectivity index (χ2n) is 6.58. The van der Waals surface area contributed by atoms with Gasteiger partial charge >= 0.3 is 0 Å². The molecule has 3 rings (SSSR count).